The molecule has 1 aliphatic carbocycles. The molecule has 0 radical (unpaired) electrons. The lowest BCUT2D eigenvalue weighted by Crippen LogP contribution is -2.53. The van der Waals surface area contributed by atoms with E-state index in [0.717, 1.165) is 18.7 Å². The fourth-order valence-electron chi connectivity index (χ4n) is 1.63. The number of sulfonamides is 1. The third-order valence-electron chi connectivity index (χ3n) is 2.64. The second kappa shape index (κ2) is 7.63. The van der Waals surface area contributed by atoms with Crippen LogP contribution in [-0.2, 0) is 10.0 Å². The molecule has 0 spiro atoms. The van der Waals surface area contributed by atoms with Crippen LogP contribution >= 0.6 is 24.0 Å². The number of hydrogen-bond donors (Lipinski definition) is 3. The Kier molecular flexibility index (Phi) is 7.59. The first-order valence-corrected chi connectivity index (χ1v) is 8.04. The normalized spacial score (nSPS) is 16.7. The Labute approximate surface area is 133 Å². The van der Waals surface area contributed by atoms with Gasteiger partial charge in [-0.15, -0.1) is 24.0 Å². The minimum Gasteiger partial charge on any atom is -0.356 e. The van der Waals surface area contributed by atoms with Crippen LogP contribution in [0, 0.1) is 5.92 Å². The highest BCUT2D eigenvalue weighted by molar-refractivity contribution is 14.0. The maximum absolute atomic E-state index is 11.2. The molecular formula is C11H25IN4O2S. The molecule has 3 N–H and O–H groups in total. The van der Waals surface area contributed by atoms with Crippen LogP contribution in [0.5, 0.6) is 0 Å². The largest absolute Gasteiger partial charge is 0.356 e. The van der Waals surface area contributed by atoms with E-state index in [2.05, 4.69) is 20.3 Å². The van der Waals surface area contributed by atoms with E-state index in [1.165, 1.54) is 12.8 Å². The van der Waals surface area contributed by atoms with Gasteiger partial charge in [-0.3, -0.25) is 4.99 Å². The summed E-state index contributed by atoms with van der Waals surface area (Å²) in [5, 5.41) is 6.36. The Bertz CT molecular complexity index is 405. The molecule has 1 aliphatic rings. The van der Waals surface area contributed by atoms with E-state index in [4.69, 9.17) is 0 Å². The quantitative estimate of drug-likeness (QED) is 0.342. The molecule has 0 amide bonds. The zero-order chi connectivity index (χ0) is 13.8. The number of hydrogen-bond acceptors (Lipinski definition) is 3. The lowest BCUT2D eigenvalue weighted by atomic mass is 10.1. The van der Waals surface area contributed by atoms with Gasteiger partial charge in [-0.05, 0) is 32.6 Å². The highest BCUT2D eigenvalue weighted by Gasteiger charge is 2.23. The molecule has 19 heavy (non-hydrogen) atoms. The van der Waals surface area contributed by atoms with Gasteiger partial charge in [0, 0.05) is 25.7 Å². The molecule has 1 saturated carbocycles. The number of aliphatic imine (C=N–C) groups is 1. The SMILES string of the molecule is CN=C(NCC1CC1)NCC(C)(C)NS(C)(=O)=O.I. The van der Waals surface area contributed by atoms with E-state index in [9.17, 15) is 8.42 Å². The first kappa shape index (κ1) is 18.9. The maximum Gasteiger partial charge on any atom is 0.209 e. The molecule has 0 atom stereocenters. The van der Waals surface area contributed by atoms with E-state index in [1.54, 1.807) is 7.05 Å². The Morgan fingerprint density at radius 3 is 2.32 bits per heavy atom. The van der Waals surface area contributed by atoms with Gasteiger partial charge < -0.3 is 10.6 Å². The minimum absolute atomic E-state index is 0. The smallest absolute Gasteiger partial charge is 0.209 e. The van der Waals surface area contributed by atoms with Crippen molar-refractivity contribution >= 4 is 40.0 Å². The Morgan fingerprint density at radius 1 is 1.32 bits per heavy atom. The zero-order valence-corrected chi connectivity index (χ0v) is 15.1. The van der Waals surface area contributed by atoms with Crippen molar-refractivity contribution in [3.63, 3.8) is 0 Å². The van der Waals surface area contributed by atoms with Gasteiger partial charge in [0.05, 0.1) is 6.26 Å². The van der Waals surface area contributed by atoms with Gasteiger partial charge in [-0.2, -0.15) is 0 Å². The molecule has 0 bridgehead atoms. The van der Waals surface area contributed by atoms with Crippen molar-refractivity contribution < 1.29 is 8.42 Å². The average Bonchev–Trinajstić information content (AvgIpc) is 2.98. The monoisotopic (exact) mass is 404 g/mol. The summed E-state index contributed by atoms with van der Waals surface area (Å²) >= 11 is 0. The van der Waals surface area contributed by atoms with Crippen LogP contribution in [0.25, 0.3) is 0 Å². The van der Waals surface area contributed by atoms with Crippen LogP contribution in [0.1, 0.15) is 26.7 Å². The Hall–Kier alpha value is -0.0900. The van der Waals surface area contributed by atoms with Crippen molar-refractivity contribution in [1.29, 1.82) is 0 Å². The summed E-state index contributed by atoms with van der Waals surface area (Å²) in [6.07, 6.45) is 3.73. The maximum atomic E-state index is 11.2. The third-order valence-corrected chi connectivity index (χ3v) is 3.56. The molecule has 6 nitrogen and oxygen atoms in total. The molecule has 114 valence electrons. The van der Waals surface area contributed by atoms with Crippen molar-refractivity contribution in [3.05, 3.63) is 0 Å². The van der Waals surface area contributed by atoms with Crippen LogP contribution in [-0.4, -0.2) is 46.3 Å². The Morgan fingerprint density at radius 2 is 1.89 bits per heavy atom. The van der Waals surface area contributed by atoms with Crippen molar-refractivity contribution in [1.82, 2.24) is 15.4 Å². The summed E-state index contributed by atoms with van der Waals surface area (Å²) < 4.78 is 25.0. The first-order valence-electron chi connectivity index (χ1n) is 6.15. The third kappa shape index (κ3) is 9.44. The van der Waals surface area contributed by atoms with Crippen molar-refractivity contribution in [2.45, 2.75) is 32.2 Å². The topological polar surface area (TPSA) is 82.6 Å². The summed E-state index contributed by atoms with van der Waals surface area (Å²) in [5.74, 6) is 1.48. The molecule has 0 aromatic rings. The van der Waals surface area contributed by atoms with Crippen molar-refractivity contribution in [2.75, 3.05) is 26.4 Å². The molecular weight excluding hydrogens is 379 g/mol. The predicted molar refractivity (Wildman–Crippen MR) is 89.6 cm³/mol. The van der Waals surface area contributed by atoms with Crippen LogP contribution < -0.4 is 15.4 Å². The van der Waals surface area contributed by atoms with E-state index >= 15 is 0 Å². The van der Waals surface area contributed by atoms with Gasteiger partial charge in [0.2, 0.25) is 10.0 Å². The van der Waals surface area contributed by atoms with Gasteiger partial charge >= 0.3 is 0 Å². The zero-order valence-electron chi connectivity index (χ0n) is 12.0. The fraction of sp³-hybridized carbons (Fsp3) is 0.909. The van der Waals surface area contributed by atoms with Crippen LogP contribution in [0.4, 0.5) is 0 Å². The van der Waals surface area contributed by atoms with Crippen molar-refractivity contribution in [3.8, 4) is 0 Å². The van der Waals surface area contributed by atoms with Crippen LogP contribution in [0.3, 0.4) is 0 Å². The lowest BCUT2D eigenvalue weighted by molar-refractivity contribution is 0.446. The molecule has 0 aliphatic heterocycles. The lowest BCUT2D eigenvalue weighted by Gasteiger charge is -2.26. The van der Waals surface area contributed by atoms with Gasteiger partial charge in [-0.25, -0.2) is 13.1 Å². The minimum atomic E-state index is -3.20. The molecule has 0 aromatic heterocycles. The molecule has 0 aromatic carbocycles. The Balaban J connectivity index is 0.00000324. The fourth-order valence-corrected chi connectivity index (χ4v) is 2.70. The van der Waals surface area contributed by atoms with Gasteiger partial charge in [0.1, 0.15) is 0 Å². The number of guanidine groups is 1. The average molecular weight is 404 g/mol. The molecule has 8 heteroatoms. The van der Waals surface area contributed by atoms with E-state index in [0.29, 0.717) is 12.5 Å². The van der Waals surface area contributed by atoms with Crippen LogP contribution in [0.2, 0.25) is 0 Å². The molecule has 0 heterocycles. The highest BCUT2D eigenvalue weighted by atomic mass is 127. The van der Waals surface area contributed by atoms with Gasteiger partial charge in [0.15, 0.2) is 5.96 Å². The summed E-state index contributed by atoms with van der Waals surface area (Å²) in [5.41, 5.74) is -0.551. The van der Waals surface area contributed by atoms with E-state index in [-0.39, 0.29) is 24.0 Å². The number of nitrogens with one attached hydrogen (secondary N) is 3. The molecule has 1 fully saturated rings. The van der Waals surface area contributed by atoms with Crippen LogP contribution in [0.15, 0.2) is 4.99 Å². The van der Waals surface area contributed by atoms with Gasteiger partial charge in [0.25, 0.3) is 0 Å². The van der Waals surface area contributed by atoms with E-state index < -0.39 is 15.6 Å². The summed E-state index contributed by atoms with van der Waals surface area (Å²) in [4.78, 5) is 4.10. The summed E-state index contributed by atoms with van der Waals surface area (Å²) in [6, 6.07) is 0. The van der Waals surface area contributed by atoms with Gasteiger partial charge in [-0.1, -0.05) is 0 Å². The number of halogens is 1. The summed E-state index contributed by atoms with van der Waals surface area (Å²) in [6.45, 7) is 5.06. The highest BCUT2D eigenvalue weighted by Crippen LogP contribution is 2.27. The number of rotatable bonds is 6. The van der Waals surface area contributed by atoms with E-state index in [1.807, 2.05) is 13.8 Å². The second-order valence-electron chi connectivity index (χ2n) is 5.51. The molecule has 1 rings (SSSR count). The van der Waals surface area contributed by atoms with Crippen molar-refractivity contribution in [2.24, 2.45) is 10.9 Å². The second-order valence-corrected chi connectivity index (χ2v) is 7.26. The molecule has 0 saturated heterocycles. The first-order chi connectivity index (χ1) is 8.22. The standard InChI is InChI=1S/C11H24N4O2S.HI/c1-11(2,15-18(4,16)17)8-14-10(12-3)13-7-9-5-6-9;/h9,15H,5-8H2,1-4H3,(H2,12,13,14);1H. The summed E-state index contributed by atoms with van der Waals surface area (Å²) in [7, 11) is -1.49. The molecule has 0 unspecified atom stereocenters. The predicted octanol–water partition coefficient (Wildman–Crippen LogP) is 0.507. The number of nitrogens with zero attached hydrogens (tertiary/aromatic N) is 1.